The van der Waals surface area contributed by atoms with E-state index in [0.29, 0.717) is 18.1 Å². The lowest BCUT2D eigenvalue weighted by atomic mass is 9.58. The number of piperidine rings is 1. The molecule has 1 N–H and O–H groups in total. The van der Waals surface area contributed by atoms with Gasteiger partial charge in [-0.05, 0) is 69.9 Å². The van der Waals surface area contributed by atoms with Crippen LogP contribution in [0.5, 0.6) is 0 Å². The van der Waals surface area contributed by atoms with Gasteiger partial charge in [0, 0.05) is 6.61 Å². The molecule has 3 aliphatic rings. The lowest BCUT2D eigenvalue weighted by Crippen LogP contribution is -2.47. The van der Waals surface area contributed by atoms with Gasteiger partial charge in [-0.15, -0.1) is 0 Å². The molecule has 5 heteroatoms. The SMILES string of the molecule is CCOC(=O)COC1CC(OCC2CC3(CCNCC3)C2)C1. The molecule has 1 spiro atoms. The first-order valence-electron chi connectivity index (χ1n) is 8.79. The molecule has 0 radical (unpaired) electrons. The summed E-state index contributed by atoms with van der Waals surface area (Å²) in [6.45, 7) is 5.58. The van der Waals surface area contributed by atoms with Crippen LogP contribution >= 0.6 is 0 Å². The molecule has 0 unspecified atom stereocenters. The average molecular weight is 311 g/mol. The van der Waals surface area contributed by atoms with E-state index in [9.17, 15) is 4.79 Å². The number of hydrogen-bond donors (Lipinski definition) is 1. The molecule has 3 fully saturated rings. The van der Waals surface area contributed by atoms with Crippen LogP contribution in [0, 0.1) is 11.3 Å². The van der Waals surface area contributed by atoms with Crippen molar-refractivity contribution in [2.75, 3.05) is 32.9 Å². The maximum atomic E-state index is 11.2. The summed E-state index contributed by atoms with van der Waals surface area (Å²) in [6, 6.07) is 0. The second kappa shape index (κ2) is 7.28. The van der Waals surface area contributed by atoms with E-state index in [1.165, 1.54) is 38.8 Å². The molecule has 126 valence electrons. The second-order valence-electron chi connectivity index (χ2n) is 7.19. The Balaban J connectivity index is 1.22. The van der Waals surface area contributed by atoms with Crippen molar-refractivity contribution in [3.05, 3.63) is 0 Å². The highest BCUT2D eigenvalue weighted by atomic mass is 16.6. The van der Waals surface area contributed by atoms with Gasteiger partial charge in [0.1, 0.15) is 6.61 Å². The van der Waals surface area contributed by atoms with Crippen molar-refractivity contribution in [2.45, 2.75) is 57.7 Å². The highest BCUT2D eigenvalue weighted by Crippen LogP contribution is 2.51. The molecule has 3 rings (SSSR count). The fraction of sp³-hybridized carbons (Fsp3) is 0.941. The molecule has 2 saturated carbocycles. The molecule has 22 heavy (non-hydrogen) atoms. The molecule has 5 nitrogen and oxygen atoms in total. The number of nitrogens with one attached hydrogen (secondary N) is 1. The quantitative estimate of drug-likeness (QED) is 0.728. The Hall–Kier alpha value is -0.650. The Labute approximate surface area is 133 Å². The Kier molecular flexibility index (Phi) is 5.37. The van der Waals surface area contributed by atoms with Crippen LogP contribution in [0.25, 0.3) is 0 Å². The molecule has 0 aromatic heterocycles. The number of carbonyl (C=O) groups is 1. The molecule has 1 saturated heterocycles. The number of carbonyl (C=O) groups excluding carboxylic acids is 1. The Morgan fingerprint density at radius 2 is 1.82 bits per heavy atom. The molecule has 0 atom stereocenters. The van der Waals surface area contributed by atoms with Gasteiger partial charge in [0.25, 0.3) is 0 Å². The van der Waals surface area contributed by atoms with Crippen LogP contribution < -0.4 is 5.32 Å². The minimum Gasteiger partial charge on any atom is -0.464 e. The van der Waals surface area contributed by atoms with Gasteiger partial charge in [-0.3, -0.25) is 0 Å². The normalized spacial score (nSPS) is 30.6. The van der Waals surface area contributed by atoms with Gasteiger partial charge >= 0.3 is 5.97 Å². The van der Waals surface area contributed by atoms with Gasteiger partial charge < -0.3 is 19.5 Å². The Morgan fingerprint density at radius 1 is 1.14 bits per heavy atom. The number of esters is 1. The van der Waals surface area contributed by atoms with E-state index in [0.717, 1.165) is 25.4 Å². The maximum absolute atomic E-state index is 11.2. The van der Waals surface area contributed by atoms with Crippen molar-refractivity contribution >= 4 is 5.97 Å². The molecule has 0 aromatic carbocycles. The molecule has 1 aliphatic heterocycles. The van der Waals surface area contributed by atoms with Crippen LogP contribution in [-0.2, 0) is 19.0 Å². The molecule has 0 bridgehead atoms. The summed E-state index contributed by atoms with van der Waals surface area (Å²) in [7, 11) is 0. The van der Waals surface area contributed by atoms with Gasteiger partial charge in [-0.1, -0.05) is 0 Å². The summed E-state index contributed by atoms with van der Waals surface area (Å²) in [5.74, 6) is 0.492. The fourth-order valence-corrected chi connectivity index (χ4v) is 4.10. The van der Waals surface area contributed by atoms with Gasteiger partial charge in [-0.25, -0.2) is 4.79 Å². The predicted molar refractivity (Wildman–Crippen MR) is 82.6 cm³/mol. The van der Waals surface area contributed by atoms with Crippen molar-refractivity contribution in [3.63, 3.8) is 0 Å². The zero-order chi connectivity index (χ0) is 15.4. The summed E-state index contributed by atoms with van der Waals surface area (Å²) in [6.07, 6.45) is 7.73. The third-order valence-corrected chi connectivity index (χ3v) is 5.47. The van der Waals surface area contributed by atoms with E-state index in [2.05, 4.69) is 5.32 Å². The van der Waals surface area contributed by atoms with E-state index in [1.54, 1.807) is 6.92 Å². The molecular weight excluding hydrogens is 282 g/mol. The topological polar surface area (TPSA) is 56.8 Å². The second-order valence-corrected chi connectivity index (χ2v) is 7.19. The smallest absolute Gasteiger partial charge is 0.332 e. The zero-order valence-electron chi connectivity index (χ0n) is 13.6. The predicted octanol–water partition coefficient (Wildman–Crippen LogP) is 1.89. The third-order valence-electron chi connectivity index (χ3n) is 5.47. The molecule has 0 aromatic rings. The number of rotatable bonds is 7. The van der Waals surface area contributed by atoms with Crippen LogP contribution in [0.15, 0.2) is 0 Å². The highest BCUT2D eigenvalue weighted by Gasteiger charge is 2.44. The van der Waals surface area contributed by atoms with Crippen molar-refractivity contribution in [2.24, 2.45) is 11.3 Å². The van der Waals surface area contributed by atoms with Crippen molar-refractivity contribution in [1.82, 2.24) is 5.32 Å². The monoisotopic (exact) mass is 311 g/mol. The van der Waals surface area contributed by atoms with E-state index in [-0.39, 0.29) is 18.7 Å². The summed E-state index contributed by atoms with van der Waals surface area (Å²) >= 11 is 0. The minimum atomic E-state index is -0.270. The first-order chi connectivity index (χ1) is 10.7. The van der Waals surface area contributed by atoms with Crippen LogP contribution in [0.1, 0.15) is 45.4 Å². The summed E-state index contributed by atoms with van der Waals surface area (Å²) in [4.78, 5) is 11.2. The summed E-state index contributed by atoms with van der Waals surface area (Å²) < 4.78 is 16.3. The van der Waals surface area contributed by atoms with Crippen LogP contribution in [0.4, 0.5) is 0 Å². The van der Waals surface area contributed by atoms with E-state index in [1.807, 2.05) is 0 Å². The van der Waals surface area contributed by atoms with Crippen LogP contribution in [0.2, 0.25) is 0 Å². The van der Waals surface area contributed by atoms with Crippen LogP contribution in [-0.4, -0.2) is 51.1 Å². The third kappa shape index (κ3) is 4.00. The highest BCUT2D eigenvalue weighted by molar-refractivity contribution is 5.70. The van der Waals surface area contributed by atoms with Crippen molar-refractivity contribution < 1.29 is 19.0 Å². The zero-order valence-corrected chi connectivity index (χ0v) is 13.6. The van der Waals surface area contributed by atoms with Gasteiger partial charge in [-0.2, -0.15) is 0 Å². The Bertz CT molecular complexity index is 367. The van der Waals surface area contributed by atoms with Crippen molar-refractivity contribution in [1.29, 1.82) is 0 Å². The number of ether oxygens (including phenoxy) is 3. The van der Waals surface area contributed by atoms with E-state index >= 15 is 0 Å². The summed E-state index contributed by atoms with van der Waals surface area (Å²) in [5.41, 5.74) is 0.643. The first-order valence-corrected chi connectivity index (χ1v) is 8.79. The maximum Gasteiger partial charge on any atom is 0.332 e. The average Bonchev–Trinajstić information content (AvgIpc) is 2.44. The fourth-order valence-electron chi connectivity index (χ4n) is 4.10. The molecule has 1 heterocycles. The lowest BCUT2D eigenvalue weighted by Gasteiger charge is -2.51. The summed E-state index contributed by atoms with van der Waals surface area (Å²) in [5, 5.41) is 3.45. The Morgan fingerprint density at radius 3 is 2.50 bits per heavy atom. The van der Waals surface area contributed by atoms with E-state index < -0.39 is 0 Å². The van der Waals surface area contributed by atoms with Gasteiger partial charge in [0.2, 0.25) is 0 Å². The first kappa shape index (κ1) is 16.2. The van der Waals surface area contributed by atoms with Crippen molar-refractivity contribution in [3.8, 4) is 0 Å². The van der Waals surface area contributed by atoms with Gasteiger partial charge in [0.15, 0.2) is 0 Å². The number of hydrogen-bond acceptors (Lipinski definition) is 5. The largest absolute Gasteiger partial charge is 0.464 e. The minimum absolute atomic E-state index is 0.0738. The molecular formula is C17H29NO4. The lowest BCUT2D eigenvalue weighted by molar-refractivity contribution is -0.160. The van der Waals surface area contributed by atoms with Gasteiger partial charge in [0.05, 0.1) is 18.8 Å². The van der Waals surface area contributed by atoms with Crippen LogP contribution in [0.3, 0.4) is 0 Å². The molecule has 0 amide bonds. The molecule has 2 aliphatic carbocycles. The standard InChI is InChI=1S/C17H29NO4/c1-2-20-16(19)12-22-15-7-14(8-15)21-11-13-9-17(10-13)3-5-18-6-4-17/h13-15,18H,2-12H2,1H3. The van der Waals surface area contributed by atoms with E-state index in [4.69, 9.17) is 14.2 Å².